The normalized spacial score (nSPS) is 11.0. The lowest BCUT2D eigenvalue weighted by molar-refractivity contribution is 0.0516. The van der Waals surface area contributed by atoms with Gasteiger partial charge >= 0.3 is 5.97 Å². The molecule has 3 rings (SSSR count). The number of H-pyrrole nitrogens is 1. The molecule has 7 heteroatoms. The number of hydrogen-bond donors (Lipinski definition) is 1. The average Bonchev–Trinajstić information content (AvgIpc) is 2.88. The highest BCUT2D eigenvalue weighted by molar-refractivity contribution is 7.99. The number of halogens is 3. The zero-order valence-corrected chi connectivity index (χ0v) is 14.1. The number of benzene rings is 2. The Labute approximate surface area is 146 Å². The number of esters is 1. The van der Waals surface area contributed by atoms with E-state index in [0.717, 1.165) is 23.9 Å². The van der Waals surface area contributed by atoms with Gasteiger partial charge in [0.1, 0.15) is 17.3 Å². The molecule has 0 aliphatic carbocycles. The van der Waals surface area contributed by atoms with E-state index in [2.05, 4.69) is 4.98 Å². The van der Waals surface area contributed by atoms with Crippen molar-refractivity contribution in [1.82, 2.24) is 4.98 Å². The predicted octanol–water partition coefficient (Wildman–Crippen LogP) is 5.43. The van der Waals surface area contributed by atoms with E-state index in [9.17, 15) is 13.6 Å². The SMILES string of the molecule is CCOC(=O)c1[nH]c2ccc(Cl)cc2c1Sc1ccc(F)cc1F. The number of ether oxygens (including phenoxy) is 1. The van der Waals surface area contributed by atoms with Crippen molar-refractivity contribution in [1.29, 1.82) is 0 Å². The van der Waals surface area contributed by atoms with Crippen LogP contribution in [0.15, 0.2) is 46.2 Å². The van der Waals surface area contributed by atoms with Crippen molar-refractivity contribution >= 4 is 40.2 Å². The molecule has 0 bridgehead atoms. The van der Waals surface area contributed by atoms with Crippen molar-refractivity contribution in [2.75, 3.05) is 6.61 Å². The fraction of sp³-hybridized carbons (Fsp3) is 0.118. The highest BCUT2D eigenvalue weighted by Crippen LogP contribution is 2.39. The Hall–Kier alpha value is -2.05. The second-order valence-electron chi connectivity index (χ2n) is 4.92. The fourth-order valence-electron chi connectivity index (χ4n) is 2.26. The number of fused-ring (bicyclic) bond motifs is 1. The Kier molecular flexibility index (Phi) is 4.78. The van der Waals surface area contributed by atoms with Gasteiger partial charge < -0.3 is 9.72 Å². The van der Waals surface area contributed by atoms with Crippen molar-refractivity contribution in [2.45, 2.75) is 16.7 Å². The minimum Gasteiger partial charge on any atom is -0.461 e. The first-order chi connectivity index (χ1) is 11.5. The van der Waals surface area contributed by atoms with Crippen LogP contribution in [0.3, 0.4) is 0 Å². The molecule has 124 valence electrons. The van der Waals surface area contributed by atoms with Gasteiger partial charge in [-0.1, -0.05) is 23.4 Å². The van der Waals surface area contributed by atoms with E-state index < -0.39 is 17.6 Å². The highest BCUT2D eigenvalue weighted by atomic mass is 35.5. The summed E-state index contributed by atoms with van der Waals surface area (Å²) in [7, 11) is 0. The molecule has 24 heavy (non-hydrogen) atoms. The molecule has 0 saturated heterocycles. The molecule has 0 saturated carbocycles. The molecule has 0 unspecified atom stereocenters. The Bertz CT molecular complexity index is 926. The zero-order chi connectivity index (χ0) is 17.3. The van der Waals surface area contributed by atoms with Gasteiger partial charge in [-0.15, -0.1) is 0 Å². The minimum atomic E-state index is -0.703. The minimum absolute atomic E-state index is 0.197. The molecule has 3 nitrogen and oxygen atoms in total. The fourth-order valence-corrected chi connectivity index (χ4v) is 3.46. The molecule has 0 amide bonds. The Morgan fingerprint density at radius 3 is 2.75 bits per heavy atom. The monoisotopic (exact) mass is 367 g/mol. The number of rotatable bonds is 4. The molecule has 1 aromatic heterocycles. The van der Waals surface area contributed by atoms with E-state index in [4.69, 9.17) is 16.3 Å². The second-order valence-corrected chi connectivity index (χ2v) is 6.40. The second kappa shape index (κ2) is 6.83. The third-order valence-electron chi connectivity index (χ3n) is 3.30. The van der Waals surface area contributed by atoms with Crippen LogP contribution in [0.4, 0.5) is 8.78 Å². The topological polar surface area (TPSA) is 42.1 Å². The molecular formula is C17H12ClF2NO2S. The first-order valence-corrected chi connectivity index (χ1v) is 8.30. The van der Waals surface area contributed by atoms with Crippen LogP contribution in [0.1, 0.15) is 17.4 Å². The standard InChI is InChI=1S/C17H12ClF2NO2S/c1-2-23-17(22)15-16(11-7-9(18)3-5-13(11)21-15)24-14-6-4-10(19)8-12(14)20/h3-8,21H,2H2,1H3. The van der Waals surface area contributed by atoms with E-state index in [1.165, 1.54) is 6.07 Å². The van der Waals surface area contributed by atoms with Gasteiger partial charge in [-0.3, -0.25) is 0 Å². The van der Waals surface area contributed by atoms with E-state index in [1.807, 2.05) is 0 Å². The molecule has 3 aromatic rings. The van der Waals surface area contributed by atoms with Crippen molar-refractivity contribution in [3.05, 3.63) is 58.7 Å². The van der Waals surface area contributed by atoms with Gasteiger partial charge in [0, 0.05) is 26.9 Å². The highest BCUT2D eigenvalue weighted by Gasteiger charge is 2.21. The van der Waals surface area contributed by atoms with Crippen LogP contribution in [-0.2, 0) is 4.74 Å². The molecule has 0 atom stereocenters. The summed E-state index contributed by atoms with van der Waals surface area (Å²) in [6, 6.07) is 8.38. The number of nitrogens with one attached hydrogen (secondary N) is 1. The van der Waals surface area contributed by atoms with Gasteiger partial charge in [-0.2, -0.15) is 0 Å². The largest absolute Gasteiger partial charge is 0.461 e. The smallest absolute Gasteiger partial charge is 0.355 e. The summed E-state index contributed by atoms with van der Waals surface area (Å²) in [6.07, 6.45) is 0. The lowest BCUT2D eigenvalue weighted by atomic mass is 10.2. The van der Waals surface area contributed by atoms with Gasteiger partial charge in [-0.25, -0.2) is 13.6 Å². The maximum atomic E-state index is 14.0. The van der Waals surface area contributed by atoms with Crippen LogP contribution in [0, 0.1) is 11.6 Å². The number of aromatic nitrogens is 1. The molecule has 0 fully saturated rings. The van der Waals surface area contributed by atoms with Gasteiger partial charge in [0.25, 0.3) is 0 Å². The van der Waals surface area contributed by atoms with Gasteiger partial charge in [0.15, 0.2) is 0 Å². The third kappa shape index (κ3) is 3.25. The van der Waals surface area contributed by atoms with Crippen LogP contribution in [0.2, 0.25) is 5.02 Å². The van der Waals surface area contributed by atoms with Crippen LogP contribution in [0.5, 0.6) is 0 Å². The number of hydrogen-bond acceptors (Lipinski definition) is 3. The summed E-state index contributed by atoms with van der Waals surface area (Å²) in [5.74, 6) is -1.91. The van der Waals surface area contributed by atoms with Crippen molar-refractivity contribution < 1.29 is 18.3 Å². The van der Waals surface area contributed by atoms with Crippen LogP contribution in [0.25, 0.3) is 10.9 Å². The maximum absolute atomic E-state index is 14.0. The number of carbonyl (C=O) groups excluding carboxylic acids is 1. The van der Waals surface area contributed by atoms with E-state index in [0.29, 0.717) is 20.8 Å². The summed E-state index contributed by atoms with van der Waals surface area (Å²) in [5.41, 5.74) is 0.885. The summed E-state index contributed by atoms with van der Waals surface area (Å²) in [5, 5.41) is 1.15. The van der Waals surface area contributed by atoms with E-state index in [-0.39, 0.29) is 17.2 Å². The molecule has 0 spiro atoms. The van der Waals surface area contributed by atoms with Crippen molar-refractivity contribution in [2.24, 2.45) is 0 Å². The summed E-state index contributed by atoms with van der Waals surface area (Å²) in [4.78, 5) is 15.9. The van der Waals surface area contributed by atoms with E-state index in [1.54, 1.807) is 25.1 Å². The van der Waals surface area contributed by atoms with Crippen LogP contribution < -0.4 is 0 Å². The average molecular weight is 368 g/mol. The number of carbonyl (C=O) groups is 1. The summed E-state index contributed by atoms with van der Waals surface area (Å²) < 4.78 is 32.1. The maximum Gasteiger partial charge on any atom is 0.355 e. The van der Waals surface area contributed by atoms with Gasteiger partial charge in [0.2, 0.25) is 0 Å². The summed E-state index contributed by atoms with van der Waals surface area (Å²) >= 11 is 7.05. The van der Waals surface area contributed by atoms with Gasteiger partial charge in [-0.05, 0) is 37.3 Å². The molecule has 1 N–H and O–H groups in total. The lowest BCUT2D eigenvalue weighted by Crippen LogP contribution is -2.06. The Balaban J connectivity index is 2.14. The third-order valence-corrected chi connectivity index (χ3v) is 4.71. The van der Waals surface area contributed by atoms with Crippen molar-refractivity contribution in [3.63, 3.8) is 0 Å². The Morgan fingerprint density at radius 1 is 1.25 bits per heavy atom. The van der Waals surface area contributed by atoms with Crippen molar-refractivity contribution in [3.8, 4) is 0 Å². The zero-order valence-electron chi connectivity index (χ0n) is 12.5. The van der Waals surface area contributed by atoms with Crippen LogP contribution >= 0.6 is 23.4 Å². The number of aromatic amines is 1. The first kappa shape index (κ1) is 16.8. The molecule has 0 aliphatic heterocycles. The molecule has 1 heterocycles. The molecule has 2 aromatic carbocycles. The molecular weight excluding hydrogens is 356 g/mol. The summed E-state index contributed by atoms with van der Waals surface area (Å²) in [6.45, 7) is 1.91. The predicted molar refractivity (Wildman–Crippen MR) is 89.7 cm³/mol. The molecule has 0 radical (unpaired) electrons. The lowest BCUT2D eigenvalue weighted by Gasteiger charge is -2.06. The van der Waals surface area contributed by atoms with Gasteiger partial charge in [0.05, 0.1) is 11.5 Å². The molecule has 0 aliphatic rings. The Morgan fingerprint density at radius 2 is 2.04 bits per heavy atom. The van der Waals surface area contributed by atoms with E-state index >= 15 is 0 Å². The van der Waals surface area contributed by atoms with Crippen LogP contribution in [-0.4, -0.2) is 17.6 Å². The quantitative estimate of drug-likeness (QED) is 0.625. The first-order valence-electron chi connectivity index (χ1n) is 7.11.